The number of nitrogens with one attached hydrogen (secondary N) is 1. The SMILES string of the molecule is COc1cncc2[nH]c(C(=O)N3CCC(CC(C)(C)O)CC3)cc12. The smallest absolute Gasteiger partial charge is 0.270 e. The van der Waals surface area contributed by atoms with Crippen molar-refractivity contribution in [2.45, 2.75) is 38.7 Å². The summed E-state index contributed by atoms with van der Waals surface area (Å²) in [6.07, 6.45) is 5.99. The van der Waals surface area contributed by atoms with Crippen molar-refractivity contribution in [3.63, 3.8) is 0 Å². The molecule has 1 aliphatic rings. The van der Waals surface area contributed by atoms with Crippen LogP contribution in [-0.2, 0) is 0 Å². The number of nitrogens with zero attached hydrogens (tertiary/aromatic N) is 2. The number of aromatic nitrogens is 2. The van der Waals surface area contributed by atoms with Crippen LogP contribution in [-0.4, -0.2) is 51.7 Å². The predicted molar refractivity (Wildman–Crippen MR) is 92.2 cm³/mol. The zero-order valence-electron chi connectivity index (χ0n) is 14.5. The van der Waals surface area contributed by atoms with Gasteiger partial charge >= 0.3 is 0 Å². The van der Waals surface area contributed by atoms with Gasteiger partial charge in [0, 0.05) is 18.5 Å². The Bertz CT molecular complexity index is 725. The molecule has 24 heavy (non-hydrogen) atoms. The van der Waals surface area contributed by atoms with Gasteiger partial charge in [0.2, 0.25) is 0 Å². The second-order valence-electron chi connectivity index (χ2n) is 7.24. The normalized spacial score (nSPS) is 16.6. The van der Waals surface area contributed by atoms with Crippen LogP contribution in [0.1, 0.15) is 43.6 Å². The van der Waals surface area contributed by atoms with E-state index in [4.69, 9.17) is 4.74 Å². The molecule has 1 amide bonds. The van der Waals surface area contributed by atoms with E-state index < -0.39 is 5.60 Å². The van der Waals surface area contributed by atoms with Crippen LogP contribution in [0.5, 0.6) is 5.75 Å². The van der Waals surface area contributed by atoms with Crippen molar-refractivity contribution in [1.29, 1.82) is 0 Å². The molecule has 3 heterocycles. The molecule has 0 aliphatic carbocycles. The highest BCUT2D eigenvalue weighted by Crippen LogP contribution is 2.28. The van der Waals surface area contributed by atoms with Crippen molar-refractivity contribution in [3.05, 3.63) is 24.2 Å². The van der Waals surface area contributed by atoms with E-state index in [9.17, 15) is 9.90 Å². The predicted octanol–water partition coefficient (Wildman–Crippen LogP) is 2.58. The van der Waals surface area contributed by atoms with Crippen LogP contribution in [0.2, 0.25) is 0 Å². The fraction of sp³-hybridized carbons (Fsp3) is 0.556. The fourth-order valence-corrected chi connectivity index (χ4v) is 3.52. The Morgan fingerprint density at radius 1 is 1.42 bits per heavy atom. The number of carbonyl (C=O) groups excluding carboxylic acids is 1. The molecule has 0 saturated carbocycles. The molecule has 1 saturated heterocycles. The number of aliphatic hydroxyl groups is 1. The number of hydrogen-bond donors (Lipinski definition) is 2. The maximum atomic E-state index is 12.7. The van der Waals surface area contributed by atoms with E-state index in [0.717, 1.165) is 43.3 Å². The maximum Gasteiger partial charge on any atom is 0.270 e. The minimum atomic E-state index is -0.641. The van der Waals surface area contributed by atoms with Crippen LogP contribution in [0.3, 0.4) is 0 Å². The fourth-order valence-electron chi connectivity index (χ4n) is 3.52. The minimum absolute atomic E-state index is 0.00922. The van der Waals surface area contributed by atoms with Crippen molar-refractivity contribution >= 4 is 16.8 Å². The number of H-pyrrole nitrogens is 1. The van der Waals surface area contributed by atoms with Gasteiger partial charge in [-0.3, -0.25) is 9.78 Å². The number of aromatic amines is 1. The number of methoxy groups -OCH3 is 1. The standard InChI is InChI=1S/C18H25N3O3/c1-18(2,23)9-12-4-6-21(7-5-12)17(22)14-8-13-15(20-14)10-19-11-16(13)24-3/h8,10-12,20,23H,4-7,9H2,1-3H3. The number of likely N-dealkylation sites (tertiary alicyclic amines) is 1. The number of ether oxygens (including phenoxy) is 1. The van der Waals surface area contributed by atoms with Crippen LogP contribution >= 0.6 is 0 Å². The highest BCUT2D eigenvalue weighted by molar-refractivity contribution is 5.99. The molecular formula is C18H25N3O3. The first-order chi connectivity index (χ1) is 11.4. The third-order valence-corrected chi connectivity index (χ3v) is 4.65. The van der Waals surface area contributed by atoms with Crippen molar-refractivity contribution in [2.75, 3.05) is 20.2 Å². The molecule has 2 aromatic rings. The van der Waals surface area contributed by atoms with Gasteiger partial charge in [-0.05, 0) is 45.1 Å². The lowest BCUT2D eigenvalue weighted by molar-refractivity contribution is 0.0357. The van der Waals surface area contributed by atoms with E-state index in [1.165, 1.54) is 0 Å². The van der Waals surface area contributed by atoms with Crippen molar-refractivity contribution in [2.24, 2.45) is 5.92 Å². The molecule has 3 rings (SSSR count). The third kappa shape index (κ3) is 3.53. The lowest BCUT2D eigenvalue weighted by atomic mass is 9.86. The molecule has 0 unspecified atom stereocenters. The summed E-state index contributed by atoms with van der Waals surface area (Å²) in [4.78, 5) is 21.9. The molecule has 1 fully saturated rings. The van der Waals surface area contributed by atoms with Crippen molar-refractivity contribution in [3.8, 4) is 5.75 Å². The Morgan fingerprint density at radius 3 is 2.75 bits per heavy atom. The highest BCUT2D eigenvalue weighted by Gasteiger charge is 2.28. The van der Waals surface area contributed by atoms with Crippen LogP contribution < -0.4 is 4.74 Å². The molecule has 6 nitrogen and oxygen atoms in total. The average molecular weight is 331 g/mol. The molecular weight excluding hydrogens is 306 g/mol. The number of pyridine rings is 1. The molecule has 2 aromatic heterocycles. The molecule has 2 N–H and O–H groups in total. The van der Waals surface area contributed by atoms with Gasteiger partial charge in [-0.25, -0.2) is 0 Å². The molecule has 0 atom stereocenters. The minimum Gasteiger partial charge on any atom is -0.494 e. The number of carbonyl (C=O) groups is 1. The summed E-state index contributed by atoms with van der Waals surface area (Å²) in [5.41, 5.74) is 0.726. The molecule has 130 valence electrons. The first kappa shape index (κ1) is 16.8. The summed E-state index contributed by atoms with van der Waals surface area (Å²) in [5.74, 6) is 1.14. The Hall–Kier alpha value is -2.08. The Morgan fingerprint density at radius 2 is 2.12 bits per heavy atom. The summed E-state index contributed by atoms with van der Waals surface area (Å²) in [6, 6.07) is 1.83. The van der Waals surface area contributed by atoms with E-state index in [2.05, 4.69) is 9.97 Å². The van der Waals surface area contributed by atoms with Crippen LogP contribution in [0.15, 0.2) is 18.5 Å². The Balaban J connectivity index is 1.70. The number of piperidine rings is 1. The van der Waals surface area contributed by atoms with E-state index in [-0.39, 0.29) is 5.91 Å². The maximum absolute atomic E-state index is 12.7. The Kier molecular flexibility index (Phi) is 4.49. The summed E-state index contributed by atoms with van der Waals surface area (Å²) < 4.78 is 5.30. The van der Waals surface area contributed by atoms with Crippen LogP contribution in [0.4, 0.5) is 0 Å². The van der Waals surface area contributed by atoms with Gasteiger partial charge in [-0.2, -0.15) is 0 Å². The number of hydrogen-bond acceptors (Lipinski definition) is 4. The first-order valence-corrected chi connectivity index (χ1v) is 8.40. The van der Waals surface area contributed by atoms with Crippen LogP contribution in [0.25, 0.3) is 10.9 Å². The largest absolute Gasteiger partial charge is 0.494 e. The third-order valence-electron chi connectivity index (χ3n) is 4.65. The quantitative estimate of drug-likeness (QED) is 0.902. The van der Waals surface area contributed by atoms with Gasteiger partial charge in [-0.15, -0.1) is 0 Å². The summed E-state index contributed by atoms with van der Waals surface area (Å²) in [5, 5.41) is 10.8. The van der Waals surface area contributed by atoms with E-state index in [0.29, 0.717) is 17.4 Å². The van der Waals surface area contributed by atoms with Crippen molar-refractivity contribution < 1.29 is 14.6 Å². The molecule has 0 aromatic carbocycles. The zero-order valence-corrected chi connectivity index (χ0v) is 14.5. The molecule has 0 spiro atoms. The molecule has 1 aliphatic heterocycles. The molecule has 0 radical (unpaired) electrons. The average Bonchev–Trinajstić information content (AvgIpc) is 2.97. The number of amides is 1. The number of rotatable bonds is 4. The lowest BCUT2D eigenvalue weighted by Crippen LogP contribution is -2.40. The van der Waals surface area contributed by atoms with Gasteiger partial charge < -0.3 is 19.7 Å². The topological polar surface area (TPSA) is 78.5 Å². The van der Waals surface area contributed by atoms with E-state index in [1.54, 1.807) is 19.5 Å². The molecule has 0 bridgehead atoms. The van der Waals surface area contributed by atoms with Gasteiger partial charge in [-0.1, -0.05) is 0 Å². The summed E-state index contributed by atoms with van der Waals surface area (Å²) in [6.45, 7) is 5.14. The van der Waals surface area contributed by atoms with Gasteiger partial charge in [0.15, 0.2) is 0 Å². The summed E-state index contributed by atoms with van der Waals surface area (Å²) in [7, 11) is 1.60. The highest BCUT2D eigenvalue weighted by atomic mass is 16.5. The summed E-state index contributed by atoms with van der Waals surface area (Å²) >= 11 is 0. The van der Waals surface area contributed by atoms with Crippen molar-refractivity contribution in [1.82, 2.24) is 14.9 Å². The second kappa shape index (κ2) is 6.43. The lowest BCUT2D eigenvalue weighted by Gasteiger charge is -2.34. The second-order valence-corrected chi connectivity index (χ2v) is 7.24. The monoisotopic (exact) mass is 331 g/mol. The van der Waals surface area contributed by atoms with Crippen LogP contribution in [0, 0.1) is 5.92 Å². The zero-order chi connectivity index (χ0) is 17.3. The van der Waals surface area contributed by atoms with Gasteiger partial charge in [0.25, 0.3) is 5.91 Å². The number of fused-ring (bicyclic) bond motifs is 1. The van der Waals surface area contributed by atoms with E-state index >= 15 is 0 Å². The Labute approximate surface area is 141 Å². The first-order valence-electron chi connectivity index (χ1n) is 8.40. The van der Waals surface area contributed by atoms with Gasteiger partial charge in [0.05, 0.1) is 30.6 Å². The van der Waals surface area contributed by atoms with Gasteiger partial charge in [0.1, 0.15) is 11.4 Å². The van der Waals surface area contributed by atoms with E-state index in [1.807, 2.05) is 24.8 Å². The molecule has 6 heteroatoms.